The number of anilines is 1. The lowest BCUT2D eigenvalue weighted by molar-refractivity contribution is -0.140. The van der Waals surface area contributed by atoms with Crippen molar-refractivity contribution in [1.82, 2.24) is 10.2 Å². The normalized spacial score (nSPS) is 12.6. The number of carbonyl (C=O) groups excluding carboxylic acids is 2. The highest BCUT2D eigenvalue weighted by Gasteiger charge is 2.35. The molecule has 0 fully saturated rings. The Morgan fingerprint density at radius 2 is 1.40 bits per heavy atom. The fraction of sp³-hybridized carbons (Fsp3) is 0.257. The molecule has 4 aromatic carbocycles. The summed E-state index contributed by atoms with van der Waals surface area (Å²) in [5, 5.41) is 3.46. The lowest BCUT2D eigenvalue weighted by atomic mass is 10.0. The van der Waals surface area contributed by atoms with Crippen LogP contribution in [0, 0.1) is 6.92 Å². The Labute approximate surface area is 275 Å². The van der Waals surface area contributed by atoms with Gasteiger partial charge >= 0.3 is 0 Å². The quantitative estimate of drug-likeness (QED) is 0.166. The largest absolute Gasteiger partial charge is 0.352 e. The van der Waals surface area contributed by atoms with Gasteiger partial charge in [-0.1, -0.05) is 108 Å². The van der Waals surface area contributed by atoms with E-state index in [0.29, 0.717) is 6.42 Å². The summed E-state index contributed by atoms with van der Waals surface area (Å²) < 4.78 is 29.2. The second-order valence-corrected chi connectivity index (χ2v) is 13.7. The number of halogens is 2. The molecule has 1 N–H and O–H groups in total. The monoisotopic (exact) mass is 665 g/mol. The molecule has 0 saturated carbocycles. The summed E-state index contributed by atoms with van der Waals surface area (Å²) in [6.45, 7) is 5.32. The van der Waals surface area contributed by atoms with Crippen molar-refractivity contribution in [2.75, 3.05) is 10.8 Å². The molecule has 0 heterocycles. The first-order valence-corrected chi connectivity index (χ1v) is 16.9. The Balaban J connectivity index is 1.82. The summed E-state index contributed by atoms with van der Waals surface area (Å²) in [5.41, 5.74) is 2.83. The fourth-order valence-corrected chi connectivity index (χ4v) is 6.75. The molecule has 7 nitrogen and oxygen atoms in total. The van der Waals surface area contributed by atoms with Crippen LogP contribution >= 0.6 is 23.2 Å². The molecule has 4 aromatic rings. The van der Waals surface area contributed by atoms with Gasteiger partial charge in [-0.05, 0) is 61.7 Å². The Hall–Kier alpha value is -3.85. The van der Waals surface area contributed by atoms with E-state index in [4.69, 9.17) is 23.2 Å². The number of aryl methyl sites for hydroxylation is 1. The molecule has 0 spiro atoms. The van der Waals surface area contributed by atoms with E-state index >= 15 is 0 Å². The first-order chi connectivity index (χ1) is 21.5. The van der Waals surface area contributed by atoms with Crippen LogP contribution in [0.25, 0.3) is 0 Å². The van der Waals surface area contributed by atoms with Crippen LogP contribution in [0.5, 0.6) is 0 Å². The second kappa shape index (κ2) is 15.4. The number of hydrogen-bond acceptors (Lipinski definition) is 4. The third-order valence-electron chi connectivity index (χ3n) is 7.49. The molecule has 4 rings (SSSR count). The first-order valence-electron chi connectivity index (χ1n) is 14.7. The molecule has 0 radical (unpaired) electrons. The number of amides is 2. The van der Waals surface area contributed by atoms with E-state index < -0.39 is 28.5 Å². The van der Waals surface area contributed by atoms with Gasteiger partial charge < -0.3 is 10.2 Å². The van der Waals surface area contributed by atoms with Crippen molar-refractivity contribution in [3.8, 4) is 0 Å². The average Bonchev–Trinajstić information content (AvgIpc) is 3.02. The van der Waals surface area contributed by atoms with Crippen molar-refractivity contribution in [2.45, 2.75) is 57.1 Å². The van der Waals surface area contributed by atoms with E-state index in [-0.39, 0.29) is 45.5 Å². The number of rotatable bonds is 13. The molecule has 2 amide bonds. The highest BCUT2D eigenvalue weighted by atomic mass is 35.5. The molecule has 236 valence electrons. The molecular formula is C35H37Cl2N3O4S. The van der Waals surface area contributed by atoms with Gasteiger partial charge in [0.15, 0.2) is 0 Å². The van der Waals surface area contributed by atoms with Crippen molar-refractivity contribution in [3.63, 3.8) is 0 Å². The fourth-order valence-electron chi connectivity index (χ4n) is 4.82. The highest BCUT2D eigenvalue weighted by Crippen LogP contribution is 2.30. The zero-order valence-electron chi connectivity index (χ0n) is 25.5. The number of sulfonamides is 1. The summed E-state index contributed by atoms with van der Waals surface area (Å²) in [7, 11) is -4.25. The van der Waals surface area contributed by atoms with E-state index in [9.17, 15) is 18.0 Å². The molecule has 2 atom stereocenters. The van der Waals surface area contributed by atoms with Crippen LogP contribution in [0.4, 0.5) is 5.69 Å². The summed E-state index contributed by atoms with van der Waals surface area (Å²) in [6.07, 6.45) is 0.934. The van der Waals surface area contributed by atoms with E-state index in [1.165, 1.54) is 35.2 Å². The molecule has 45 heavy (non-hydrogen) atoms. The molecule has 0 aliphatic rings. The smallest absolute Gasteiger partial charge is 0.264 e. The van der Waals surface area contributed by atoms with Crippen molar-refractivity contribution >= 4 is 50.7 Å². The van der Waals surface area contributed by atoms with Crippen LogP contribution in [-0.2, 0) is 32.6 Å². The number of hydrogen-bond donors (Lipinski definition) is 1. The third kappa shape index (κ3) is 9.10. The van der Waals surface area contributed by atoms with Gasteiger partial charge in [0, 0.05) is 29.1 Å². The molecule has 0 bridgehead atoms. The van der Waals surface area contributed by atoms with Gasteiger partial charge in [-0.15, -0.1) is 0 Å². The lowest BCUT2D eigenvalue weighted by Gasteiger charge is -2.34. The summed E-state index contributed by atoms with van der Waals surface area (Å²) in [6, 6.07) is 28.3. The maximum atomic E-state index is 14.5. The minimum atomic E-state index is -4.25. The van der Waals surface area contributed by atoms with Crippen molar-refractivity contribution in [3.05, 3.63) is 130 Å². The van der Waals surface area contributed by atoms with Crippen LogP contribution in [-0.4, -0.2) is 43.8 Å². The summed E-state index contributed by atoms with van der Waals surface area (Å²) in [4.78, 5) is 29.9. The summed E-state index contributed by atoms with van der Waals surface area (Å²) in [5.74, 6) is -0.886. The number of carbonyl (C=O) groups is 2. The minimum Gasteiger partial charge on any atom is -0.352 e. The van der Waals surface area contributed by atoms with Gasteiger partial charge in [0.2, 0.25) is 11.8 Å². The summed E-state index contributed by atoms with van der Waals surface area (Å²) >= 11 is 12.6. The molecule has 10 heteroatoms. The van der Waals surface area contributed by atoms with Gasteiger partial charge in [0.1, 0.15) is 12.6 Å². The van der Waals surface area contributed by atoms with Crippen LogP contribution < -0.4 is 9.62 Å². The number of nitrogens with one attached hydrogen (secondary N) is 1. The van der Waals surface area contributed by atoms with E-state index in [1.807, 2.05) is 75.4 Å². The van der Waals surface area contributed by atoms with Crippen molar-refractivity contribution in [2.24, 2.45) is 0 Å². The Morgan fingerprint density at radius 1 is 0.822 bits per heavy atom. The van der Waals surface area contributed by atoms with Crippen LogP contribution in [0.15, 0.2) is 108 Å². The van der Waals surface area contributed by atoms with Crippen molar-refractivity contribution in [1.29, 1.82) is 0 Å². The maximum Gasteiger partial charge on any atom is 0.264 e. The van der Waals surface area contributed by atoms with Crippen LogP contribution in [0.1, 0.15) is 37.0 Å². The topological polar surface area (TPSA) is 86.8 Å². The second-order valence-electron chi connectivity index (χ2n) is 11.0. The Morgan fingerprint density at radius 3 is 1.98 bits per heavy atom. The standard InChI is InChI=1S/C35H37Cl2N3O4S/c1-4-26(3)38-35(42)33(19-27-11-7-5-8-12-27)39(23-28-17-15-25(2)16-18-28)34(41)24-40(31-21-29(36)20-30(37)22-31)45(43,44)32-13-9-6-10-14-32/h5-18,20-22,26,33H,4,19,23-24H2,1-3H3,(H,38,42)/t26-,33-/m0/s1. The van der Waals surface area contributed by atoms with E-state index in [2.05, 4.69) is 5.32 Å². The molecule has 0 aliphatic carbocycles. The average molecular weight is 667 g/mol. The molecule has 0 aromatic heterocycles. The van der Waals surface area contributed by atoms with Gasteiger partial charge in [-0.2, -0.15) is 0 Å². The SMILES string of the molecule is CC[C@H](C)NC(=O)[C@H](Cc1ccccc1)N(Cc1ccc(C)cc1)C(=O)CN(c1cc(Cl)cc(Cl)c1)S(=O)(=O)c1ccccc1. The number of nitrogens with zero attached hydrogens (tertiary/aromatic N) is 2. The minimum absolute atomic E-state index is 0.00525. The highest BCUT2D eigenvalue weighted by molar-refractivity contribution is 7.92. The third-order valence-corrected chi connectivity index (χ3v) is 9.72. The predicted molar refractivity (Wildman–Crippen MR) is 181 cm³/mol. The van der Waals surface area contributed by atoms with Gasteiger partial charge in [-0.25, -0.2) is 8.42 Å². The van der Waals surface area contributed by atoms with Gasteiger partial charge in [0.25, 0.3) is 10.0 Å². The molecule has 0 saturated heterocycles. The zero-order chi connectivity index (χ0) is 32.6. The van der Waals surface area contributed by atoms with Crippen LogP contribution in [0.3, 0.4) is 0 Å². The molecule has 0 aliphatic heterocycles. The Bertz CT molecular complexity index is 1680. The van der Waals surface area contributed by atoms with E-state index in [0.717, 1.165) is 21.0 Å². The lowest BCUT2D eigenvalue weighted by Crippen LogP contribution is -2.54. The van der Waals surface area contributed by atoms with Crippen molar-refractivity contribution < 1.29 is 18.0 Å². The Kier molecular flexibility index (Phi) is 11.7. The maximum absolute atomic E-state index is 14.5. The molecular weight excluding hydrogens is 629 g/mol. The zero-order valence-corrected chi connectivity index (χ0v) is 27.8. The van der Waals surface area contributed by atoms with Gasteiger partial charge in [-0.3, -0.25) is 13.9 Å². The predicted octanol–water partition coefficient (Wildman–Crippen LogP) is 7.05. The van der Waals surface area contributed by atoms with Gasteiger partial charge in [0.05, 0.1) is 10.6 Å². The van der Waals surface area contributed by atoms with Crippen LogP contribution in [0.2, 0.25) is 10.0 Å². The van der Waals surface area contributed by atoms with E-state index in [1.54, 1.807) is 18.2 Å². The first kappa shape index (κ1) is 34.0. The molecule has 0 unspecified atom stereocenters. The number of benzene rings is 4.